The molecule has 0 fully saturated rings. The molecule has 0 unspecified atom stereocenters. The Labute approximate surface area is 67.5 Å². The Morgan fingerprint density at radius 1 is 1.27 bits per heavy atom. The van der Waals surface area contributed by atoms with Crippen molar-refractivity contribution in [3.63, 3.8) is 0 Å². The van der Waals surface area contributed by atoms with Gasteiger partial charge in [-0.3, -0.25) is 14.8 Å². The van der Waals surface area contributed by atoms with Crippen molar-refractivity contribution in [2.24, 2.45) is 0 Å². The number of aromatic nitrogens is 3. The molecule has 0 aliphatic rings. The van der Waals surface area contributed by atoms with Gasteiger partial charge >= 0.3 is 0 Å². The van der Waals surface area contributed by atoms with E-state index in [2.05, 4.69) is 15.2 Å². The van der Waals surface area contributed by atoms with Crippen molar-refractivity contribution in [3.05, 3.63) is 35.5 Å². The summed E-state index contributed by atoms with van der Waals surface area (Å²) in [5, 5.41) is 8.14. The zero-order valence-electron chi connectivity index (χ0n) is 5.68. The first-order valence-electron chi connectivity index (χ1n) is 2.76. The molecular weight excluding hydrogens is 165 g/mol. The fourth-order valence-electron chi connectivity index (χ4n) is 0.391. The topological polar surface area (TPSA) is 41.6 Å². The van der Waals surface area contributed by atoms with Gasteiger partial charge in [-0.25, -0.2) is 0 Å². The molecule has 0 atom stereocenters. The number of nitrogens with zero attached hydrogens (tertiary/aromatic N) is 2. The molecule has 0 aliphatic heterocycles. The molecule has 0 spiro atoms. The molecule has 0 aromatic carbocycles. The summed E-state index contributed by atoms with van der Waals surface area (Å²) >= 11 is 1.60. The van der Waals surface area contributed by atoms with E-state index in [1.54, 1.807) is 35.4 Å². The Kier molecular flexibility index (Phi) is 6.11. The molecule has 0 saturated carbocycles. The van der Waals surface area contributed by atoms with E-state index in [0.717, 1.165) is 0 Å². The molecule has 0 bridgehead atoms. The van der Waals surface area contributed by atoms with E-state index in [-0.39, 0.29) is 4.70 Å². The van der Waals surface area contributed by atoms with Crippen LogP contribution in [0.5, 0.6) is 0 Å². The van der Waals surface area contributed by atoms with Crippen LogP contribution in [0.3, 0.4) is 0 Å². The molecular formula is C6H8FN3S. The molecule has 0 amide bonds. The van der Waals surface area contributed by atoms with Crippen molar-refractivity contribution < 1.29 is 4.70 Å². The van der Waals surface area contributed by atoms with Crippen LogP contribution in [0.4, 0.5) is 4.70 Å². The van der Waals surface area contributed by atoms with Crippen LogP contribution in [0.1, 0.15) is 0 Å². The molecule has 60 valence electrons. The molecule has 1 N–H and O–H groups in total. The van der Waals surface area contributed by atoms with E-state index >= 15 is 0 Å². The minimum Gasteiger partial charge on any atom is -0.286 e. The highest BCUT2D eigenvalue weighted by atomic mass is 32.1. The second-order valence-corrected chi connectivity index (χ2v) is 2.20. The van der Waals surface area contributed by atoms with Crippen LogP contribution in [0.25, 0.3) is 0 Å². The normalized spacial score (nSPS) is 7.27. The SMILES string of the molecule is F.c1cn[nH]c1.c1cscn1. The summed E-state index contributed by atoms with van der Waals surface area (Å²) in [6.45, 7) is 0. The molecule has 2 heterocycles. The van der Waals surface area contributed by atoms with Crippen LogP contribution in [-0.4, -0.2) is 15.2 Å². The summed E-state index contributed by atoms with van der Waals surface area (Å²) in [5.74, 6) is 0. The second-order valence-electron chi connectivity index (χ2n) is 1.44. The van der Waals surface area contributed by atoms with Crippen molar-refractivity contribution >= 4 is 11.3 Å². The lowest BCUT2D eigenvalue weighted by molar-refractivity contribution is 1.09. The highest BCUT2D eigenvalue weighted by Gasteiger charge is 1.59. The molecule has 2 aromatic rings. The molecule has 11 heavy (non-hydrogen) atoms. The van der Waals surface area contributed by atoms with E-state index < -0.39 is 0 Å². The number of rotatable bonds is 0. The Bertz CT molecular complexity index is 157. The van der Waals surface area contributed by atoms with Crippen LogP contribution < -0.4 is 0 Å². The van der Waals surface area contributed by atoms with Gasteiger partial charge in [0.1, 0.15) is 0 Å². The second kappa shape index (κ2) is 6.88. The summed E-state index contributed by atoms with van der Waals surface area (Å²) < 4.78 is 0. The zero-order valence-corrected chi connectivity index (χ0v) is 6.49. The first kappa shape index (κ1) is 9.77. The van der Waals surface area contributed by atoms with Gasteiger partial charge in [-0.1, -0.05) is 0 Å². The average Bonchev–Trinajstić information content (AvgIpc) is 2.67. The summed E-state index contributed by atoms with van der Waals surface area (Å²) in [4.78, 5) is 3.74. The van der Waals surface area contributed by atoms with Gasteiger partial charge in [0.05, 0.1) is 5.51 Å². The summed E-state index contributed by atoms with van der Waals surface area (Å²) in [7, 11) is 0. The number of nitrogens with one attached hydrogen (secondary N) is 1. The summed E-state index contributed by atoms with van der Waals surface area (Å²) in [6, 6.07) is 1.83. The first-order valence-corrected chi connectivity index (χ1v) is 3.70. The third-order valence-electron chi connectivity index (χ3n) is 0.753. The minimum atomic E-state index is 0. The monoisotopic (exact) mass is 173 g/mol. The van der Waals surface area contributed by atoms with Crippen molar-refractivity contribution in [1.82, 2.24) is 15.2 Å². The van der Waals surface area contributed by atoms with E-state index in [4.69, 9.17) is 0 Å². The Hall–Kier alpha value is -1.23. The summed E-state index contributed by atoms with van der Waals surface area (Å²) in [5.41, 5.74) is 1.79. The summed E-state index contributed by atoms with van der Waals surface area (Å²) in [6.07, 6.45) is 5.23. The van der Waals surface area contributed by atoms with Gasteiger partial charge in [-0.15, -0.1) is 11.3 Å². The van der Waals surface area contributed by atoms with Crippen LogP contribution in [0.2, 0.25) is 0 Å². The predicted octanol–water partition coefficient (Wildman–Crippen LogP) is 1.71. The van der Waals surface area contributed by atoms with E-state index in [0.29, 0.717) is 0 Å². The van der Waals surface area contributed by atoms with Gasteiger partial charge in [0.25, 0.3) is 0 Å². The molecule has 2 aromatic heterocycles. The number of H-pyrrole nitrogens is 1. The predicted molar refractivity (Wildman–Crippen MR) is 43.2 cm³/mol. The number of thiazole rings is 1. The van der Waals surface area contributed by atoms with Gasteiger partial charge in [0, 0.05) is 24.0 Å². The third kappa shape index (κ3) is 5.23. The highest BCUT2D eigenvalue weighted by Crippen LogP contribution is 1.85. The quantitative estimate of drug-likeness (QED) is 0.658. The maximum Gasteiger partial charge on any atom is 0.0791 e. The van der Waals surface area contributed by atoms with Gasteiger partial charge in [-0.05, 0) is 6.07 Å². The lowest BCUT2D eigenvalue weighted by atomic mass is 10.8. The van der Waals surface area contributed by atoms with E-state index in [1.165, 1.54) is 0 Å². The largest absolute Gasteiger partial charge is 0.286 e. The Morgan fingerprint density at radius 2 is 2.18 bits per heavy atom. The van der Waals surface area contributed by atoms with Crippen LogP contribution in [-0.2, 0) is 0 Å². The molecule has 2 rings (SSSR count). The fraction of sp³-hybridized carbons (Fsp3) is 0. The minimum absolute atomic E-state index is 0. The first-order chi connectivity index (χ1) is 5.00. The molecule has 5 heteroatoms. The third-order valence-corrected chi connectivity index (χ3v) is 1.28. The van der Waals surface area contributed by atoms with E-state index in [1.807, 2.05) is 11.4 Å². The van der Waals surface area contributed by atoms with Crippen LogP contribution >= 0.6 is 11.3 Å². The number of aromatic amines is 1. The fourth-order valence-corrected chi connectivity index (χ4v) is 0.742. The average molecular weight is 173 g/mol. The van der Waals surface area contributed by atoms with Crippen molar-refractivity contribution in [1.29, 1.82) is 0 Å². The van der Waals surface area contributed by atoms with Gasteiger partial charge in [0.2, 0.25) is 0 Å². The number of hydrogen-bond donors (Lipinski definition) is 1. The molecule has 0 radical (unpaired) electrons. The number of halogens is 1. The maximum absolute atomic E-state index is 3.74. The van der Waals surface area contributed by atoms with Crippen molar-refractivity contribution in [3.8, 4) is 0 Å². The van der Waals surface area contributed by atoms with Gasteiger partial charge in [0.15, 0.2) is 0 Å². The van der Waals surface area contributed by atoms with Gasteiger partial charge < -0.3 is 0 Å². The van der Waals surface area contributed by atoms with Crippen molar-refractivity contribution in [2.45, 2.75) is 0 Å². The van der Waals surface area contributed by atoms with Crippen LogP contribution in [0, 0.1) is 0 Å². The molecule has 0 aliphatic carbocycles. The lowest BCUT2D eigenvalue weighted by Crippen LogP contribution is -1.53. The smallest absolute Gasteiger partial charge is 0.0791 e. The van der Waals surface area contributed by atoms with E-state index in [9.17, 15) is 0 Å². The van der Waals surface area contributed by atoms with Gasteiger partial charge in [-0.2, -0.15) is 5.10 Å². The maximum atomic E-state index is 3.74. The zero-order chi connectivity index (χ0) is 7.07. The standard InChI is InChI=1S/C3H4N2.C3H3NS.FH/c1-2-4-5-3-1;1-2-5-3-4-1;/h1-3H,(H,4,5);1-3H;1H. The highest BCUT2D eigenvalue weighted by molar-refractivity contribution is 7.07. The van der Waals surface area contributed by atoms with Crippen molar-refractivity contribution in [2.75, 3.05) is 0 Å². The molecule has 3 nitrogen and oxygen atoms in total. The Balaban J connectivity index is 0.000000167. The molecule has 0 saturated heterocycles. The Morgan fingerprint density at radius 3 is 2.36 bits per heavy atom. The number of hydrogen-bond acceptors (Lipinski definition) is 3. The lowest BCUT2D eigenvalue weighted by Gasteiger charge is -1.49. The van der Waals surface area contributed by atoms with Crippen LogP contribution in [0.15, 0.2) is 35.5 Å².